The van der Waals surface area contributed by atoms with Crippen LogP contribution in [0.4, 0.5) is 0 Å². The highest BCUT2D eigenvalue weighted by Crippen LogP contribution is 2.23. The minimum atomic E-state index is -0.117. The van der Waals surface area contributed by atoms with Gasteiger partial charge in [0.15, 0.2) is 6.29 Å². The van der Waals surface area contributed by atoms with Gasteiger partial charge in [-0.15, -0.1) is 0 Å². The molecule has 0 aromatic heterocycles. The van der Waals surface area contributed by atoms with E-state index >= 15 is 0 Å². The summed E-state index contributed by atoms with van der Waals surface area (Å²) >= 11 is 0. The van der Waals surface area contributed by atoms with Crippen molar-refractivity contribution in [1.29, 1.82) is 0 Å². The molecule has 0 amide bonds. The third kappa shape index (κ3) is 7.44. The lowest BCUT2D eigenvalue weighted by Crippen LogP contribution is -2.32. The van der Waals surface area contributed by atoms with Crippen LogP contribution in [0.2, 0.25) is 0 Å². The first-order chi connectivity index (χ1) is 12.7. The fourth-order valence-corrected chi connectivity index (χ4v) is 3.13. The number of rotatable bonds is 12. The van der Waals surface area contributed by atoms with Gasteiger partial charge in [0, 0.05) is 19.6 Å². The van der Waals surface area contributed by atoms with Gasteiger partial charge in [-0.3, -0.25) is 0 Å². The molecule has 1 aromatic rings. The molecule has 1 fully saturated rings. The molecule has 2 rings (SSSR count). The second kappa shape index (κ2) is 12.0. The number of hydrogen-bond donors (Lipinski definition) is 0. The summed E-state index contributed by atoms with van der Waals surface area (Å²) in [7, 11) is 1.66. The Hall–Kier alpha value is -1.43. The molecule has 0 saturated carbocycles. The van der Waals surface area contributed by atoms with Crippen LogP contribution in [-0.2, 0) is 25.6 Å². The molecule has 3 atom stereocenters. The number of ether oxygens (including phenoxy) is 4. The lowest BCUT2D eigenvalue weighted by Gasteiger charge is -2.31. The number of carbonyl (C=O) groups excluding carboxylic acids is 1. The van der Waals surface area contributed by atoms with Gasteiger partial charge in [0.25, 0.3) is 0 Å². The quantitative estimate of drug-likeness (QED) is 0.412. The Labute approximate surface area is 157 Å². The predicted octanol–water partition coefficient (Wildman–Crippen LogP) is 4.13. The smallest absolute Gasteiger partial charge is 0.157 e. The molecule has 0 aliphatic carbocycles. The molecule has 1 saturated heterocycles. The van der Waals surface area contributed by atoms with Gasteiger partial charge in [-0.25, -0.2) is 0 Å². The average Bonchev–Trinajstić information content (AvgIpc) is 2.69. The zero-order valence-electron chi connectivity index (χ0n) is 16.0. The number of methoxy groups -OCH3 is 1. The summed E-state index contributed by atoms with van der Waals surface area (Å²) in [6, 6.07) is 7.89. The third-order valence-corrected chi connectivity index (χ3v) is 4.81. The molecule has 0 radical (unpaired) electrons. The van der Waals surface area contributed by atoms with Crippen LogP contribution in [0.15, 0.2) is 24.3 Å². The molecule has 0 N–H and O–H groups in total. The van der Waals surface area contributed by atoms with Crippen LogP contribution >= 0.6 is 0 Å². The van der Waals surface area contributed by atoms with Gasteiger partial charge in [0.2, 0.25) is 0 Å². The lowest BCUT2D eigenvalue weighted by atomic mass is 9.97. The van der Waals surface area contributed by atoms with Crippen LogP contribution < -0.4 is 4.74 Å². The van der Waals surface area contributed by atoms with Crippen LogP contribution in [0.5, 0.6) is 5.75 Å². The van der Waals surface area contributed by atoms with Gasteiger partial charge >= 0.3 is 0 Å². The molecule has 1 unspecified atom stereocenters. The summed E-state index contributed by atoms with van der Waals surface area (Å²) in [5.74, 6) is 1.15. The lowest BCUT2D eigenvalue weighted by molar-refractivity contribution is -0.201. The summed E-state index contributed by atoms with van der Waals surface area (Å²) < 4.78 is 22.9. The molecular formula is C21H32O5. The van der Waals surface area contributed by atoms with E-state index in [1.165, 1.54) is 0 Å². The molecule has 146 valence electrons. The molecule has 1 aliphatic heterocycles. The van der Waals surface area contributed by atoms with Crippen LogP contribution in [-0.4, -0.2) is 39.0 Å². The van der Waals surface area contributed by atoms with Crippen molar-refractivity contribution in [2.24, 2.45) is 5.92 Å². The van der Waals surface area contributed by atoms with E-state index in [-0.39, 0.29) is 12.4 Å². The molecule has 0 bridgehead atoms. The van der Waals surface area contributed by atoms with E-state index < -0.39 is 0 Å². The van der Waals surface area contributed by atoms with Gasteiger partial charge in [0.05, 0.1) is 19.8 Å². The minimum absolute atomic E-state index is 0.0499. The molecule has 0 spiro atoms. The van der Waals surface area contributed by atoms with Crippen molar-refractivity contribution >= 4 is 6.29 Å². The van der Waals surface area contributed by atoms with Crippen molar-refractivity contribution in [2.45, 2.75) is 64.4 Å². The third-order valence-electron chi connectivity index (χ3n) is 4.81. The standard InChI is InChI=1S/C21H32O5/c1-17(6-5-13-22)20(26-21-7-3-4-14-25-21)12-15-24-16-18-8-10-19(23-2)11-9-18/h8-11,13,17,20-21H,3-7,12,14-16H2,1-2H3/t17-,20+,21?/m0/s1. The van der Waals surface area contributed by atoms with Crippen LogP contribution in [0.25, 0.3) is 0 Å². The Morgan fingerprint density at radius 3 is 2.69 bits per heavy atom. The van der Waals surface area contributed by atoms with Crippen molar-refractivity contribution in [3.8, 4) is 5.75 Å². The zero-order chi connectivity index (χ0) is 18.6. The van der Waals surface area contributed by atoms with E-state index in [4.69, 9.17) is 18.9 Å². The first-order valence-corrected chi connectivity index (χ1v) is 9.64. The summed E-state index contributed by atoms with van der Waals surface area (Å²) in [4.78, 5) is 10.7. The second-order valence-electron chi connectivity index (χ2n) is 6.88. The maximum atomic E-state index is 10.7. The van der Waals surface area contributed by atoms with Gasteiger partial charge < -0.3 is 23.7 Å². The Balaban J connectivity index is 1.77. The van der Waals surface area contributed by atoms with E-state index in [1.54, 1.807) is 7.11 Å². The highest BCUT2D eigenvalue weighted by Gasteiger charge is 2.24. The van der Waals surface area contributed by atoms with Crippen LogP contribution in [0, 0.1) is 5.92 Å². The van der Waals surface area contributed by atoms with Crippen LogP contribution in [0.1, 0.15) is 51.0 Å². The van der Waals surface area contributed by atoms with E-state index in [1.807, 2.05) is 24.3 Å². The first kappa shape index (κ1) is 20.9. The van der Waals surface area contributed by atoms with Gasteiger partial charge in [-0.05, 0) is 55.7 Å². The van der Waals surface area contributed by atoms with Gasteiger partial charge in [0.1, 0.15) is 12.0 Å². The van der Waals surface area contributed by atoms with Crippen molar-refractivity contribution in [3.05, 3.63) is 29.8 Å². The number of hydrogen-bond acceptors (Lipinski definition) is 5. The largest absolute Gasteiger partial charge is 0.497 e. The van der Waals surface area contributed by atoms with Crippen molar-refractivity contribution < 1.29 is 23.7 Å². The fourth-order valence-electron chi connectivity index (χ4n) is 3.13. The van der Waals surface area contributed by atoms with E-state index in [0.29, 0.717) is 25.6 Å². The Bertz CT molecular complexity index is 496. The second-order valence-corrected chi connectivity index (χ2v) is 6.88. The average molecular weight is 364 g/mol. The summed E-state index contributed by atoms with van der Waals surface area (Å²) in [5.41, 5.74) is 1.12. The van der Waals surface area contributed by atoms with Crippen LogP contribution in [0.3, 0.4) is 0 Å². The highest BCUT2D eigenvalue weighted by molar-refractivity contribution is 5.49. The minimum Gasteiger partial charge on any atom is -0.497 e. The SMILES string of the molecule is COc1ccc(COCC[C@@H](OC2CCCCO2)[C@@H](C)CCC=O)cc1. The molecule has 5 nitrogen and oxygen atoms in total. The maximum absolute atomic E-state index is 10.7. The number of benzene rings is 1. The number of aldehydes is 1. The summed E-state index contributed by atoms with van der Waals surface area (Å²) in [6.07, 6.45) is 6.32. The van der Waals surface area contributed by atoms with Gasteiger partial charge in [-0.1, -0.05) is 19.1 Å². The van der Waals surface area contributed by atoms with E-state index in [0.717, 1.165) is 56.3 Å². The van der Waals surface area contributed by atoms with E-state index in [2.05, 4.69) is 6.92 Å². The molecule has 26 heavy (non-hydrogen) atoms. The molecular weight excluding hydrogens is 332 g/mol. The Morgan fingerprint density at radius 2 is 2.04 bits per heavy atom. The fraction of sp³-hybridized carbons (Fsp3) is 0.667. The topological polar surface area (TPSA) is 54.0 Å². The first-order valence-electron chi connectivity index (χ1n) is 9.64. The van der Waals surface area contributed by atoms with Crippen molar-refractivity contribution in [3.63, 3.8) is 0 Å². The summed E-state index contributed by atoms with van der Waals surface area (Å²) in [5, 5.41) is 0. The molecule has 5 heteroatoms. The number of carbonyl (C=O) groups is 1. The normalized spacial score (nSPS) is 19.7. The maximum Gasteiger partial charge on any atom is 0.157 e. The Morgan fingerprint density at radius 1 is 1.23 bits per heavy atom. The Kier molecular flexibility index (Phi) is 9.67. The zero-order valence-corrected chi connectivity index (χ0v) is 16.0. The monoisotopic (exact) mass is 364 g/mol. The molecule has 1 aromatic carbocycles. The van der Waals surface area contributed by atoms with Gasteiger partial charge in [-0.2, -0.15) is 0 Å². The summed E-state index contributed by atoms with van der Waals surface area (Å²) in [6.45, 7) is 4.10. The molecule has 1 heterocycles. The van der Waals surface area contributed by atoms with Crippen molar-refractivity contribution in [1.82, 2.24) is 0 Å². The molecule has 1 aliphatic rings. The van der Waals surface area contributed by atoms with Crippen molar-refractivity contribution in [2.75, 3.05) is 20.3 Å². The highest BCUT2D eigenvalue weighted by atomic mass is 16.7. The predicted molar refractivity (Wildman–Crippen MR) is 100 cm³/mol. The van der Waals surface area contributed by atoms with E-state index in [9.17, 15) is 4.79 Å².